The van der Waals surface area contributed by atoms with Gasteiger partial charge < -0.3 is 15.4 Å². The number of rotatable bonds is 3. The molecule has 0 aromatic heterocycles. The largest absolute Gasteiger partial charge is 0.496 e. The summed E-state index contributed by atoms with van der Waals surface area (Å²) in [5.41, 5.74) is 8.72. The van der Waals surface area contributed by atoms with E-state index in [-0.39, 0.29) is 5.91 Å². The Hall–Kier alpha value is -2.49. The van der Waals surface area contributed by atoms with Gasteiger partial charge in [0.2, 0.25) is 0 Å². The van der Waals surface area contributed by atoms with Crippen LogP contribution in [0.2, 0.25) is 0 Å². The van der Waals surface area contributed by atoms with E-state index in [1.165, 1.54) is 0 Å². The maximum atomic E-state index is 12.5. The van der Waals surface area contributed by atoms with Gasteiger partial charge in [-0.15, -0.1) is 0 Å². The Morgan fingerprint density at radius 1 is 1.20 bits per heavy atom. The van der Waals surface area contributed by atoms with Crippen molar-refractivity contribution < 1.29 is 9.53 Å². The third-order valence-electron chi connectivity index (χ3n) is 3.26. The predicted molar refractivity (Wildman–Crippen MR) is 81.3 cm³/mol. The normalized spacial score (nSPS) is 10.2. The van der Waals surface area contributed by atoms with Gasteiger partial charge in [-0.1, -0.05) is 18.2 Å². The third-order valence-corrected chi connectivity index (χ3v) is 3.26. The van der Waals surface area contributed by atoms with Crippen LogP contribution in [0.15, 0.2) is 42.5 Å². The van der Waals surface area contributed by atoms with Crippen LogP contribution in [0.3, 0.4) is 0 Å². The molecule has 4 nitrogen and oxygen atoms in total. The van der Waals surface area contributed by atoms with Gasteiger partial charge in [0.15, 0.2) is 0 Å². The highest BCUT2D eigenvalue weighted by atomic mass is 16.5. The lowest BCUT2D eigenvalue weighted by Crippen LogP contribution is -2.27. The summed E-state index contributed by atoms with van der Waals surface area (Å²) in [6, 6.07) is 12.7. The number of hydrogen-bond acceptors (Lipinski definition) is 3. The van der Waals surface area contributed by atoms with Crippen LogP contribution in [0.1, 0.15) is 15.9 Å². The molecule has 0 aliphatic carbocycles. The summed E-state index contributed by atoms with van der Waals surface area (Å²) >= 11 is 0. The van der Waals surface area contributed by atoms with E-state index < -0.39 is 0 Å². The van der Waals surface area contributed by atoms with E-state index in [1.807, 2.05) is 31.2 Å². The molecule has 0 heterocycles. The van der Waals surface area contributed by atoms with Crippen LogP contribution in [-0.2, 0) is 0 Å². The van der Waals surface area contributed by atoms with Crippen LogP contribution < -0.4 is 15.4 Å². The first-order chi connectivity index (χ1) is 9.54. The molecule has 1 amide bonds. The first kappa shape index (κ1) is 13.9. The number of nitrogens with two attached hydrogens (primary N) is 1. The average molecular weight is 270 g/mol. The summed E-state index contributed by atoms with van der Waals surface area (Å²) in [5.74, 6) is 0.575. The maximum absolute atomic E-state index is 12.5. The second-order valence-corrected chi connectivity index (χ2v) is 4.61. The van der Waals surface area contributed by atoms with Crippen molar-refractivity contribution >= 4 is 17.3 Å². The molecular weight excluding hydrogens is 252 g/mol. The summed E-state index contributed by atoms with van der Waals surface area (Å²) in [6.07, 6.45) is 0. The molecule has 0 saturated carbocycles. The molecule has 104 valence electrons. The zero-order valence-electron chi connectivity index (χ0n) is 11.9. The van der Waals surface area contributed by atoms with Crippen LogP contribution >= 0.6 is 0 Å². The zero-order valence-corrected chi connectivity index (χ0v) is 11.9. The van der Waals surface area contributed by atoms with Crippen molar-refractivity contribution in [2.75, 3.05) is 24.8 Å². The molecule has 0 aliphatic rings. The Balaban J connectivity index is 2.34. The summed E-state index contributed by atoms with van der Waals surface area (Å²) in [5, 5.41) is 0. The first-order valence-corrected chi connectivity index (χ1v) is 6.31. The maximum Gasteiger partial charge on any atom is 0.258 e. The minimum atomic E-state index is -0.124. The second kappa shape index (κ2) is 5.65. The van der Waals surface area contributed by atoms with Crippen molar-refractivity contribution in [1.82, 2.24) is 0 Å². The van der Waals surface area contributed by atoms with Crippen molar-refractivity contribution in [2.24, 2.45) is 0 Å². The molecule has 0 radical (unpaired) electrons. The van der Waals surface area contributed by atoms with Crippen LogP contribution in [0.25, 0.3) is 0 Å². The highest BCUT2D eigenvalue weighted by molar-refractivity contribution is 6.07. The Morgan fingerprint density at radius 3 is 2.55 bits per heavy atom. The van der Waals surface area contributed by atoms with Crippen molar-refractivity contribution in [3.63, 3.8) is 0 Å². The lowest BCUT2D eigenvalue weighted by molar-refractivity contribution is 0.0993. The van der Waals surface area contributed by atoms with Crippen LogP contribution in [0.5, 0.6) is 5.75 Å². The van der Waals surface area contributed by atoms with E-state index in [9.17, 15) is 4.79 Å². The fraction of sp³-hybridized carbons (Fsp3) is 0.188. The number of para-hydroxylation sites is 2. The minimum Gasteiger partial charge on any atom is -0.496 e. The van der Waals surface area contributed by atoms with Gasteiger partial charge in [-0.25, -0.2) is 0 Å². The summed E-state index contributed by atoms with van der Waals surface area (Å²) in [7, 11) is 3.30. The van der Waals surface area contributed by atoms with E-state index in [2.05, 4.69) is 0 Å². The fourth-order valence-corrected chi connectivity index (χ4v) is 2.05. The summed E-state index contributed by atoms with van der Waals surface area (Å²) in [4.78, 5) is 14.0. The van der Waals surface area contributed by atoms with E-state index in [0.29, 0.717) is 22.7 Å². The zero-order chi connectivity index (χ0) is 14.7. The molecule has 20 heavy (non-hydrogen) atoms. The van der Waals surface area contributed by atoms with Crippen molar-refractivity contribution in [3.8, 4) is 5.75 Å². The van der Waals surface area contributed by atoms with E-state index >= 15 is 0 Å². The molecule has 0 fully saturated rings. The molecule has 0 aliphatic heterocycles. The standard InChI is InChI=1S/C16H18N2O2/c1-11-8-9-12(10-15(11)20-3)16(19)18(2)14-7-5-4-6-13(14)17/h4-10H,17H2,1-3H3. The van der Waals surface area contributed by atoms with Gasteiger partial charge in [0, 0.05) is 12.6 Å². The van der Waals surface area contributed by atoms with Crippen LogP contribution in [-0.4, -0.2) is 20.1 Å². The number of benzene rings is 2. The molecule has 2 aromatic carbocycles. The molecule has 0 unspecified atom stereocenters. The molecular formula is C16H18N2O2. The third kappa shape index (κ3) is 2.59. The molecule has 0 spiro atoms. The monoisotopic (exact) mass is 270 g/mol. The van der Waals surface area contributed by atoms with Gasteiger partial charge in [0.05, 0.1) is 18.5 Å². The number of anilines is 2. The van der Waals surface area contributed by atoms with Gasteiger partial charge >= 0.3 is 0 Å². The van der Waals surface area contributed by atoms with Gasteiger partial charge in [-0.05, 0) is 36.8 Å². The number of carbonyl (C=O) groups is 1. The molecule has 4 heteroatoms. The number of nitrogen functional groups attached to an aromatic ring is 1. The molecule has 0 saturated heterocycles. The number of aryl methyl sites for hydroxylation is 1. The summed E-state index contributed by atoms with van der Waals surface area (Å²) in [6.45, 7) is 1.94. The van der Waals surface area contributed by atoms with E-state index in [1.54, 1.807) is 37.3 Å². The SMILES string of the molecule is COc1cc(C(=O)N(C)c2ccccc2N)ccc1C. The Morgan fingerprint density at radius 2 is 1.90 bits per heavy atom. The predicted octanol–water partition coefficient (Wildman–Crippen LogP) is 2.86. The average Bonchev–Trinajstić information content (AvgIpc) is 2.47. The molecule has 2 rings (SSSR count). The van der Waals surface area contributed by atoms with Gasteiger partial charge in [-0.3, -0.25) is 4.79 Å². The number of methoxy groups -OCH3 is 1. The number of hydrogen-bond donors (Lipinski definition) is 1. The van der Waals surface area contributed by atoms with Crippen LogP contribution in [0, 0.1) is 6.92 Å². The number of ether oxygens (including phenoxy) is 1. The van der Waals surface area contributed by atoms with Gasteiger partial charge in [-0.2, -0.15) is 0 Å². The Bertz CT molecular complexity index is 638. The Labute approximate surface area is 118 Å². The summed E-state index contributed by atoms with van der Waals surface area (Å²) < 4.78 is 5.25. The lowest BCUT2D eigenvalue weighted by atomic mass is 10.1. The highest BCUT2D eigenvalue weighted by Crippen LogP contribution is 2.25. The van der Waals surface area contributed by atoms with Crippen LogP contribution in [0.4, 0.5) is 11.4 Å². The lowest BCUT2D eigenvalue weighted by Gasteiger charge is -2.19. The van der Waals surface area contributed by atoms with Crippen molar-refractivity contribution in [2.45, 2.75) is 6.92 Å². The van der Waals surface area contributed by atoms with Gasteiger partial charge in [0.1, 0.15) is 5.75 Å². The van der Waals surface area contributed by atoms with Crippen molar-refractivity contribution in [3.05, 3.63) is 53.6 Å². The van der Waals surface area contributed by atoms with E-state index in [4.69, 9.17) is 10.5 Å². The molecule has 0 atom stereocenters. The highest BCUT2D eigenvalue weighted by Gasteiger charge is 2.16. The molecule has 0 bridgehead atoms. The number of nitrogens with zero attached hydrogens (tertiary/aromatic N) is 1. The first-order valence-electron chi connectivity index (χ1n) is 6.31. The number of amides is 1. The minimum absolute atomic E-state index is 0.124. The molecule has 2 aromatic rings. The molecule has 2 N–H and O–H groups in total. The van der Waals surface area contributed by atoms with Crippen molar-refractivity contribution in [1.29, 1.82) is 0 Å². The fourth-order valence-electron chi connectivity index (χ4n) is 2.05. The Kier molecular flexibility index (Phi) is 3.94. The quantitative estimate of drug-likeness (QED) is 0.872. The number of carbonyl (C=O) groups excluding carboxylic acids is 1. The topological polar surface area (TPSA) is 55.6 Å². The second-order valence-electron chi connectivity index (χ2n) is 4.61. The van der Waals surface area contributed by atoms with Gasteiger partial charge in [0.25, 0.3) is 5.91 Å². The smallest absolute Gasteiger partial charge is 0.258 e. The van der Waals surface area contributed by atoms with E-state index in [0.717, 1.165) is 5.56 Å².